The highest BCUT2D eigenvalue weighted by atomic mass is 35.5. The molecule has 3 aliphatic rings. The van der Waals surface area contributed by atoms with Gasteiger partial charge >= 0.3 is 0 Å². The Balaban J connectivity index is 1.17. The zero-order chi connectivity index (χ0) is 21.5. The van der Waals surface area contributed by atoms with Crippen LogP contribution in [0.5, 0.6) is 0 Å². The van der Waals surface area contributed by atoms with E-state index in [1.807, 2.05) is 12.1 Å². The first kappa shape index (κ1) is 20.7. The summed E-state index contributed by atoms with van der Waals surface area (Å²) in [5.41, 5.74) is 4.54. The molecular weight excluding hydrogens is 416 g/mol. The van der Waals surface area contributed by atoms with Crippen molar-refractivity contribution in [1.82, 2.24) is 19.2 Å². The number of hydrogen-bond acceptors (Lipinski definition) is 3. The van der Waals surface area contributed by atoms with Gasteiger partial charge in [-0.2, -0.15) is 0 Å². The predicted molar refractivity (Wildman–Crippen MR) is 131 cm³/mol. The maximum atomic E-state index is 6.14. The van der Waals surface area contributed by atoms with E-state index in [2.05, 4.69) is 50.7 Å². The Morgan fingerprint density at radius 3 is 2.31 bits per heavy atom. The average Bonchev–Trinajstić information content (AvgIpc) is 3.47. The van der Waals surface area contributed by atoms with Crippen LogP contribution in [-0.4, -0.2) is 51.9 Å². The Morgan fingerprint density at radius 1 is 0.844 bits per heavy atom. The molecule has 2 saturated heterocycles. The fourth-order valence-electron chi connectivity index (χ4n) is 6.45. The first-order valence-electron chi connectivity index (χ1n) is 12.4. The van der Waals surface area contributed by atoms with Crippen LogP contribution in [-0.2, 0) is 6.54 Å². The molecule has 168 valence electrons. The number of hydrogen-bond donors (Lipinski definition) is 0. The number of aromatic nitrogens is 2. The monoisotopic (exact) mass is 448 g/mol. The smallest absolute Gasteiger partial charge is 0.137 e. The lowest BCUT2D eigenvalue weighted by molar-refractivity contribution is 0.203. The number of fused-ring (bicyclic) bond motifs is 2. The molecule has 0 bridgehead atoms. The van der Waals surface area contributed by atoms with Crippen LogP contribution in [0.3, 0.4) is 0 Å². The molecule has 3 aromatic rings. The fourth-order valence-corrected chi connectivity index (χ4v) is 6.57. The van der Waals surface area contributed by atoms with Gasteiger partial charge in [-0.05, 0) is 54.9 Å². The zero-order valence-electron chi connectivity index (χ0n) is 18.8. The van der Waals surface area contributed by atoms with Crippen molar-refractivity contribution in [3.05, 3.63) is 59.4 Å². The van der Waals surface area contributed by atoms with Crippen molar-refractivity contribution in [1.29, 1.82) is 0 Å². The highest BCUT2D eigenvalue weighted by molar-refractivity contribution is 6.30. The molecule has 3 fully saturated rings. The van der Waals surface area contributed by atoms with Crippen LogP contribution >= 0.6 is 11.6 Å². The zero-order valence-corrected chi connectivity index (χ0v) is 19.6. The van der Waals surface area contributed by atoms with Crippen molar-refractivity contribution in [2.45, 2.75) is 38.6 Å². The third kappa shape index (κ3) is 4.09. The first-order chi connectivity index (χ1) is 15.7. The molecule has 2 aliphatic heterocycles. The summed E-state index contributed by atoms with van der Waals surface area (Å²) in [5.74, 6) is 2.62. The predicted octanol–water partition coefficient (Wildman–Crippen LogP) is 5.60. The summed E-state index contributed by atoms with van der Waals surface area (Å²) >= 11 is 6.14. The standard InChI is InChI=1S/C27H33ClN4/c28-24-11-9-21(10-12-24)27-25(32-13-5-4-8-26(32)29-27)19-31-17-22-15-30(16-23(22)18-31)14-20-6-2-1-3-7-20/h4-5,8-13,20,22-23H,1-3,6-7,14-19H2. The molecule has 0 N–H and O–H groups in total. The van der Waals surface area contributed by atoms with Gasteiger partial charge in [-0.15, -0.1) is 0 Å². The van der Waals surface area contributed by atoms with Crippen LogP contribution in [0.2, 0.25) is 5.02 Å². The second-order valence-corrected chi connectivity index (χ2v) is 10.7. The number of rotatable bonds is 5. The van der Waals surface area contributed by atoms with Crippen LogP contribution in [0.1, 0.15) is 37.8 Å². The summed E-state index contributed by atoms with van der Waals surface area (Å²) < 4.78 is 2.27. The van der Waals surface area contributed by atoms with E-state index in [4.69, 9.17) is 16.6 Å². The third-order valence-corrected chi connectivity index (χ3v) is 8.25. The fraction of sp³-hybridized carbons (Fsp3) is 0.519. The van der Waals surface area contributed by atoms with Crippen LogP contribution in [0.4, 0.5) is 0 Å². The molecule has 1 saturated carbocycles. The molecule has 2 unspecified atom stereocenters. The number of halogens is 1. The lowest BCUT2D eigenvalue weighted by Gasteiger charge is -2.28. The number of likely N-dealkylation sites (tertiary alicyclic amines) is 2. The SMILES string of the molecule is Clc1ccc(-c2nc3ccccn3c2CN2CC3CN(CC4CCCCC4)CC3C2)cc1. The summed E-state index contributed by atoms with van der Waals surface area (Å²) in [6.07, 6.45) is 9.43. The third-order valence-electron chi connectivity index (χ3n) is 8.00. The number of nitrogens with zero attached hydrogens (tertiary/aromatic N) is 4. The van der Waals surface area contributed by atoms with Crippen molar-refractivity contribution < 1.29 is 0 Å². The molecule has 2 atom stereocenters. The molecule has 32 heavy (non-hydrogen) atoms. The molecular formula is C27H33ClN4. The Labute approximate surface area is 196 Å². The van der Waals surface area contributed by atoms with E-state index in [1.165, 1.54) is 70.5 Å². The second-order valence-electron chi connectivity index (χ2n) is 10.3. The van der Waals surface area contributed by atoms with Crippen molar-refractivity contribution >= 4 is 17.2 Å². The summed E-state index contributed by atoms with van der Waals surface area (Å²) in [6.45, 7) is 7.33. The van der Waals surface area contributed by atoms with Gasteiger partial charge in [0.15, 0.2) is 0 Å². The summed E-state index contributed by atoms with van der Waals surface area (Å²) in [6, 6.07) is 14.4. The normalized spacial score (nSPS) is 25.0. The molecule has 4 heterocycles. The lowest BCUT2D eigenvalue weighted by Crippen LogP contribution is -2.32. The Morgan fingerprint density at radius 2 is 1.56 bits per heavy atom. The minimum absolute atomic E-state index is 0.768. The van der Waals surface area contributed by atoms with Crippen LogP contribution in [0.25, 0.3) is 16.9 Å². The van der Waals surface area contributed by atoms with E-state index < -0.39 is 0 Å². The summed E-state index contributed by atoms with van der Waals surface area (Å²) in [4.78, 5) is 10.4. The Bertz CT molecular complexity index is 1050. The second kappa shape index (κ2) is 8.81. The first-order valence-corrected chi connectivity index (χ1v) is 12.8. The minimum Gasteiger partial charge on any atom is -0.302 e. The van der Waals surface area contributed by atoms with Crippen LogP contribution in [0.15, 0.2) is 48.7 Å². The summed E-state index contributed by atoms with van der Waals surface area (Å²) in [5, 5.41) is 0.768. The van der Waals surface area contributed by atoms with Crippen LogP contribution in [0, 0.1) is 17.8 Å². The molecule has 1 aliphatic carbocycles. The molecule has 0 amide bonds. The highest BCUT2D eigenvalue weighted by Gasteiger charge is 2.40. The number of benzene rings is 1. The summed E-state index contributed by atoms with van der Waals surface area (Å²) in [7, 11) is 0. The largest absolute Gasteiger partial charge is 0.302 e. The minimum atomic E-state index is 0.768. The van der Waals surface area contributed by atoms with Gasteiger partial charge in [-0.3, -0.25) is 4.90 Å². The van der Waals surface area contributed by atoms with Gasteiger partial charge < -0.3 is 9.30 Å². The maximum absolute atomic E-state index is 6.14. The van der Waals surface area contributed by atoms with Crippen molar-refractivity contribution in [3.8, 4) is 11.3 Å². The maximum Gasteiger partial charge on any atom is 0.137 e. The van der Waals surface area contributed by atoms with Gasteiger partial charge in [0.1, 0.15) is 5.65 Å². The van der Waals surface area contributed by atoms with Gasteiger partial charge in [0, 0.05) is 56.1 Å². The molecule has 4 nitrogen and oxygen atoms in total. The number of pyridine rings is 1. The van der Waals surface area contributed by atoms with E-state index in [0.717, 1.165) is 46.2 Å². The topological polar surface area (TPSA) is 23.8 Å². The Kier molecular flexibility index (Phi) is 5.70. The van der Waals surface area contributed by atoms with Gasteiger partial charge in [0.2, 0.25) is 0 Å². The van der Waals surface area contributed by atoms with E-state index in [9.17, 15) is 0 Å². The highest BCUT2D eigenvalue weighted by Crippen LogP contribution is 2.35. The van der Waals surface area contributed by atoms with E-state index in [-0.39, 0.29) is 0 Å². The average molecular weight is 449 g/mol. The van der Waals surface area contributed by atoms with Crippen LogP contribution < -0.4 is 0 Å². The van der Waals surface area contributed by atoms with Crippen molar-refractivity contribution in [2.75, 3.05) is 32.7 Å². The molecule has 2 aromatic heterocycles. The molecule has 6 rings (SSSR count). The van der Waals surface area contributed by atoms with Gasteiger partial charge in [0.25, 0.3) is 0 Å². The van der Waals surface area contributed by atoms with E-state index in [1.54, 1.807) is 0 Å². The quantitative estimate of drug-likeness (QED) is 0.507. The Hall–Kier alpha value is -1.88. The molecule has 5 heteroatoms. The van der Waals surface area contributed by atoms with E-state index >= 15 is 0 Å². The lowest BCUT2D eigenvalue weighted by atomic mass is 9.89. The van der Waals surface area contributed by atoms with Gasteiger partial charge in [-0.25, -0.2) is 4.98 Å². The van der Waals surface area contributed by atoms with Gasteiger partial charge in [-0.1, -0.05) is 49.1 Å². The van der Waals surface area contributed by atoms with E-state index in [0.29, 0.717) is 0 Å². The van der Waals surface area contributed by atoms with Crippen molar-refractivity contribution in [3.63, 3.8) is 0 Å². The molecule has 1 aromatic carbocycles. The molecule has 0 radical (unpaired) electrons. The molecule has 0 spiro atoms. The number of imidazole rings is 1. The van der Waals surface area contributed by atoms with Crippen molar-refractivity contribution in [2.24, 2.45) is 17.8 Å². The van der Waals surface area contributed by atoms with Gasteiger partial charge in [0.05, 0.1) is 11.4 Å².